The molecule has 1 fully saturated rings. The molecule has 2 aromatic rings. The highest BCUT2D eigenvalue weighted by atomic mass is 35.5. The van der Waals surface area contributed by atoms with Gasteiger partial charge in [0.1, 0.15) is 17.4 Å². The highest BCUT2D eigenvalue weighted by Gasteiger charge is 2.32. The molecule has 0 spiro atoms. The van der Waals surface area contributed by atoms with E-state index in [1.807, 2.05) is 0 Å². The largest absolute Gasteiger partial charge is 0.486 e. The quantitative estimate of drug-likeness (QED) is 0.805. The van der Waals surface area contributed by atoms with Gasteiger partial charge in [0.05, 0.1) is 25.3 Å². The number of hydrogen-bond acceptors (Lipinski definition) is 6. The molecule has 7 nitrogen and oxygen atoms in total. The standard InChI is InChI=1S/C17H17ClN2O5S/c18-11-1-3-13(4-2-11)25-9-15-19-12(10-26-15)7-16(21)20-5-6-24-8-14(20)17(22)23/h1-4,10,14H,5-9H2,(H,22,23)/t14-/m0/s1. The molecule has 0 bridgehead atoms. The van der Waals surface area contributed by atoms with Gasteiger partial charge in [0, 0.05) is 16.9 Å². The number of halogens is 1. The van der Waals surface area contributed by atoms with Crippen LogP contribution in [0, 0.1) is 0 Å². The van der Waals surface area contributed by atoms with Gasteiger partial charge in [-0.25, -0.2) is 9.78 Å². The summed E-state index contributed by atoms with van der Waals surface area (Å²) in [6.07, 6.45) is 0.0568. The first-order valence-electron chi connectivity index (χ1n) is 7.94. The third kappa shape index (κ3) is 4.72. The van der Waals surface area contributed by atoms with Gasteiger partial charge in [0.15, 0.2) is 6.04 Å². The lowest BCUT2D eigenvalue weighted by atomic mass is 10.2. The van der Waals surface area contributed by atoms with Crippen molar-refractivity contribution in [3.63, 3.8) is 0 Å². The number of carbonyl (C=O) groups excluding carboxylic acids is 1. The van der Waals surface area contributed by atoms with Crippen LogP contribution in [0.4, 0.5) is 0 Å². The molecule has 26 heavy (non-hydrogen) atoms. The number of carboxylic acid groups (broad SMARTS) is 1. The minimum atomic E-state index is -1.06. The molecule has 0 saturated carbocycles. The van der Waals surface area contributed by atoms with Crippen molar-refractivity contribution < 1.29 is 24.2 Å². The number of nitrogens with zero attached hydrogens (tertiary/aromatic N) is 2. The molecule has 1 atom stereocenters. The van der Waals surface area contributed by atoms with E-state index in [4.69, 9.17) is 21.1 Å². The molecule has 9 heteroatoms. The molecule has 3 rings (SSSR count). The summed E-state index contributed by atoms with van der Waals surface area (Å²) in [5.41, 5.74) is 0.602. The molecule has 1 aromatic heterocycles. The first-order valence-corrected chi connectivity index (χ1v) is 9.20. The molecule has 0 aliphatic carbocycles. The summed E-state index contributed by atoms with van der Waals surface area (Å²) in [4.78, 5) is 29.4. The number of aliphatic carboxylic acids is 1. The van der Waals surface area contributed by atoms with Gasteiger partial charge in [0.25, 0.3) is 0 Å². The number of hydrogen-bond donors (Lipinski definition) is 1. The Morgan fingerprint density at radius 1 is 1.38 bits per heavy atom. The Balaban J connectivity index is 1.56. The number of ether oxygens (including phenoxy) is 2. The molecule has 1 amide bonds. The van der Waals surface area contributed by atoms with Gasteiger partial charge in [-0.15, -0.1) is 11.3 Å². The van der Waals surface area contributed by atoms with E-state index in [9.17, 15) is 14.7 Å². The Labute approximate surface area is 159 Å². The number of rotatable bonds is 6. The van der Waals surface area contributed by atoms with E-state index in [0.717, 1.165) is 5.01 Å². The molecule has 1 N–H and O–H groups in total. The van der Waals surface area contributed by atoms with Crippen LogP contribution in [0.2, 0.25) is 5.02 Å². The van der Waals surface area contributed by atoms with Crippen LogP contribution in [0.3, 0.4) is 0 Å². The molecule has 1 aliphatic rings. The molecular formula is C17H17ClN2O5S. The summed E-state index contributed by atoms with van der Waals surface area (Å²) < 4.78 is 10.8. The van der Waals surface area contributed by atoms with Crippen molar-refractivity contribution in [2.45, 2.75) is 19.1 Å². The van der Waals surface area contributed by atoms with Gasteiger partial charge in [-0.05, 0) is 24.3 Å². The second-order valence-corrected chi connectivity index (χ2v) is 7.05. The molecule has 138 valence electrons. The van der Waals surface area contributed by atoms with Gasteiger partial charge in [-0.3, -0.25) is 4.79 Å². The number of benzene rings is 1. The van der Waals surface area contributed by atoms with E-state index in [2.05, 4.69) is 4.98 Å². The minimum Gasteiger partial charge on any atom is -0.486 e. The summed E-state index contributed by atoms with van der Waals surface area (Å²) in [7, 11) is 0. The fraction of sp³-hybridized carbons (Fsp3) is 0.353. The number of carbonyl (C=O) groups is 2. The maximum absolute atomic E-state index is 12.4. The average Bonchev–Trinajstić information content (AvgIpc) is 3.08. The lowest BCUT2D eigenvalue weighted by Gasteiger charge is -2.32. The van der Waals surface area contributed by atoms with Crippen LogP contribution in [0.1, 0.15) is 10.7 Å². The first kappa shape index (κ1) is 18.6. The number of morpholine rings is 1. The summed E-state index contributed by atoms with van der Waals surface area (Å²) in [5.74, 6) is -0.649. The first-order chi connectivity index (χ1) is 12.5. The van der Waals surface area contributed by atoms with Gasteiger partial charge < -0.3 is 19.5 Å². The average molecular weight is 397 g/mol. The maximum Gasteiger partial charge on any atom is 0.328 e. The van der Waals surface area contributed by atoms with Crippen LogP contribution in [-0.4, -0.2) is 52.7 Å². The molecule has 0 radical (unpaired) electrons. The molecule has 1 aliphatic heterocycles. The number of amides is 1. The topological polar surface area (TPSA) is 89.0 Å². The van der Waals surface area contributed by atoms with E-state index in [1.165, 1.54) is 16.2 Å². The molecular weight excluding hydrogens is 380 g/mol. The maximum atomic E-state index is 12.4. The van der Waals surface area contributed by atoms with Crippen LogP contribution in [0.15, 0.2) is 29.6 Å². The molecule has 1 aromatic carbocycles. The summed E-state index contributed by atoms with van der Waals surface area (Å²) >= 11 is 7.22. The van der Waals surface area contributed by atoms with Crippen molar-refractivity contribution >= 4 is 34.8 Å². The summed E-state index contributed by atoms with van der Waals surface area (Å²) in [5, 5.41) is 12.4. The summed E-state index contributed by atoms with van der Waals surface area (Å²) in [6, 6.07) is 6.08. The van der Waals surface area contributed by atoms with Gasteiger partial charge >= 0.3 is 5.97 Å². The Hall–Kier alpha value is -2.16. The molecule has 2 heterocycles. The second kappa shape index (κ2) is 8.48. The fourth-order valence-electron chi connectivity index (χ4n) is 2.54. The lowest BCUT2D eigenvalue weighted by molar-refractivity contribution is -0.158. The van der Waals surface area contributed by atoms with Gasteiger partial charge in [-0.2, -0.15) is 0 Å². The zero-order chi connectivity index (χ0) is 18.5. The van der Waals surface area contributed by atoms with Crippen molar-refractivity contribution in [3.8, 4) is 5.75 Å². The molecule has 0 unspecified atom stereocenters. The van der Waals surface area contributed by atoms with E-state index in [1.54, 1.807) is 29.6 Å². The predicted octanol–water partition coefficient (Wildman–Crippen LogP) is 2.23. The smallest absolute Gasteiger partial charge is 0.328 e. The van der Waals surface area contributed by atoms with Crippen molar-refractivity contribution in [3.05, 3.63) is 45.4 Å². The number of carboxylic acids is 1. The van der Waals surface area contributed by atoms with Crippen molar-refractivity contribution in [2.75, 3.05) is 19.8 Å². The summed E-state index contributed by atoms with van der Waals surface area (Å²) in [6.45, 7) is 0.910. The third-order valence-electron chi connectivity index (χ3n) is 3.84. The van der Waals surface area contributed by atoms with E-state index >= 15 is 0 Å². The SMILES string of the molecule is O=C(O)[C@@H]1COCCN1C(=O)Cc1csc(COc2ccc(Cl)cc2)n1. The van der Waals surface area contributed by atoms with Crippen LogP contribution >= 0.6 is 22.9 Å². The van der Waals surface area contributed by atoms with E-state index in [0.29, 0.717) is 23.1 Å². The van der Waals surface area contributed by atoms with E-state index < -0.39 is 12.0 Å². The second-order valence-electron chi connectivity index (χ2n) is 5.67. The van der Waals surface area contributed by atoms with E-state index in [-0.39, 0.29) is 32.1 Å². The van der Waals surface area contributed by atoms with Crippen molar-refractivity contribution in [1.29, 1.82) is 0 Å². The Morgan fingerprint density at radius 2 is 2.15 bits per heavy atom. The van der Waals surface area contributed by atoms with Crippen LogP contribution in [0.25, 0.3) is 0 Å². The highest BCUT2D eigenvalue weighted by molar-refractivity contribution is 7.09. The van der Waals surface area contributed by atoms with Crippen molar-refractivity contribution in [1.82, 2.24) is 9.88 Å². The Kier molecular flexibility index (Phi) is 6.08. The zero-order valence-electron chi connectivity index (χ0n) is 13.8. The fourth-order valence-corrected chi connectivity index (χ4v) is 3.37. The third-order valence-corrected chi connectivity index (χ3v) is 4.96. The Morgan fingerprint density at radius 3 is 2.88 bits per heavy atom. The van der Waals surface area contributed by atoms with Gasteiger partial charge in [0.2, 0.25) is 5.91 Å². The molecule has 1 saturated heterocycles. The Bertz CT molecular complexity index is 780. The minimum absolute atomic E-state index is 0.0122. The zero-order valence-corrected chi connectivity index (χ0v) is 15.3. The van der Waals surface area contributed by atoms with Crippen LogP contribution < -0.4 is 4.74 Å². The van der Waals surface area contributed by atoms with Gasteiger partial charge in [-0.1, -0.05) is 11.6 Å². The monoisotopic (exact) mass is 396 g/mol. The van der Waals surface area contributed by atoms with Crippen LogP contribution in [-0.2, 0) is 27.4 Å². The normalized spacial score (nSPS) is 17.1. The van der Waals surface area contributed by atoms with Crippen molar-refractivity contribution in [2.24, 2.45) is 0 Å². The lowest BCUT2D eigenvalue weighted by Crippen LogP contribution is -2.53. The highest BCUT2D eigenvalue weighted by Crippen LogP contribution is 2.19. The number of thiazole rings is 1. The number of aromatic nitrogens is 1. The predicted molar refractivity (Wildman–Crippen MR) is 95.6 cm³/mol. The van der Waals surface area contributed by atoms with Crippen LogP contribution in [0.5, 0.6) is 5.75 Å².